The highest BCUT2D eigenvalue weighted by Gasteiger charge is 2.38. The number of pyridine rings is 1. The number of rotatable bonds is 4. The Kier molecular flexibility index (Phi) is 6.26. The lowest BCUT2D eigenvalue weighted by atomic mass is 9.60. The number of aromatic nitrogens is 4. The van der Waals surface area contributed by atoms with Crippen LogP contribution in [0.5, 0.6) is 11.5 Å². The van der Waals surface area contributed by atoms with Crippen molar-refractivity contribution in [2.75, 3.05) is 11.9 Å². The van der Waals surface area contributed by atoms with Gasteiger partial charge in [-0.2, -0.15) is 0 Å². The summed E-state index contributed by atoms with van der Waals surface area (Å²) < 4.78 is 11.2. The van der Waals surface area contributed by atoms with Crippen LogP contribution in [0.3, 0.4) is 0 Å². The van der Waals surface area contributed by atoms with Gasteiger partial charge in [0.2, 0.25) is 0 Å². The second kappa shape index (κ2) is 10.7. The molecule has 0 amide bonds. The summed E-state index contributed by atoms with van der Waals surface area (Å²) in [6.45, 7) is 9.02. The van der Waals surface area contributed by atoms with E-state index in [1.54, 1.807) is 0 Å². The Morgan fingerprint density at radius 3 is 2.27 bits per heavy atom. The van der Waals surface area contributed by atoms with Gasteiger partial charge in [0.25, 0.3) is 0 Å². The Morgan fingerprint density at radius 1 is 0.667 bits per heavy atom. The summed E-state index contributed by atoms with van der Waals surface area (Å²) in [5.74, 6) is 3.37. The smallest absolute Gasteiger partial charge is 0.417 e. The third kappa shape index (κ3) is 4.24. The van der Waals surface area contributed by atoms with Crippen molar-refractivity contribution in [1.82, 2.24) is 19.0 Å². The number of para-hydroxylation sites is 1. The first-order valence-corrected chi connectivity index (χ1v) is 17.6. The molecule has 4 heterocycles. The number of hydrogen-bond donors (Lipinski definition) is 0. The SMILES string of the molecule is Cc1cccc(C)c1B1N(C)c2ccc(Oc3ccc4c5ccccc5n(-c5cc6c(cn5)-c5ccccc5C6(C)C)c4c3)cc2-c2nccn21. The number of aryl methyl sites for hydroxylation is 2. The van der Waals surface area contributed by atoms with E-state index in [4.69, 9.17) is 14.7 Å². The summed E-state index contributed by atoms with van der Waals surface area (Å²) in [5, 5.41) is 2.35. The second-order valence-corrected chi connectivity index (χ2v) is 14.5. The highest BCUT2D eigenvalue weighted by atomic mass is 16.5. The van der Waals surface area contributed by atoms with Crippen LogP contribution in [0.15, 0.2) is 128 Å². The molecule has 8 aromatic rings. The van der Waals surface area contributed by atoms with Gasteiger partial charge in [-0.1, -0.05) is 85.6 Å². The van der Waals surface area contributed by atoms with E-state index >= 15 is 0 Å². The third-order valence-electron chi connectivity index (χ3n) is 11.3. The molecule has 0 unspecified atom stereocenters. The van der Waals surface area contributed by atoms with Crippen molar-refractivity contribution < 1.29 is 4.74 Å². The number of imidazole rings is 1. The van der Waals surface area contributed by atoms with E-state index in [1.807, 2.05) is 6.20 Å². The van der Waals surface area contributed by atoms with E-state index in [2.05, 4.69) is 170 Å². The zero-order valence-corrected chi connectivity index (χ0v) is 29.3. The Balaban J connectivity index is 1.06. The summed E-state index contributed by atoms with van der Waals surface area (Å²) >= 11 is 0. The zero-order chi connectivity index (χ0) is 34.6. The van der Waals surface area contributed by atoms with Crippen LogP contribution in [0.2, 0.25) is 0 Å². The minimum absolute atomic E-state index is 0.0138. The molecule has 6 nitrogen and oxygen atoms in total. The van der Waals surface area contributed by atoms with Gasteiger partial charge >= 0.3 is 6.98 Å². The normalized spacial score (nSPS) is 14.1. The van der Waals surface area contributed by atoms with Crippen molar-refractivity contribution in [2.45, 2.75) is 33.1 Å². The fourth-order valence-electron chi connectivity index (χ4n) is 8.77. The average Bonchev–Trinajstić information content (AvgIpc) is 3.81. The number of nitrogens with zero attached hydrogens (tertiary/aromatic N) is 5. The molecule has 2 aliphatic rings. The number of ether oxygens (including phenoxy) is 1. The van der Waals surface area contributed by atoms with Crippen molar-refractivity contribution in [3.8, 4) is 39.8 Å². The predicted molar refractivity (Wildman–Crippen MR) is 209 cm³/mol. The van der Waals surface area contributed by atoms with Crippen LogP contribution >= 0.6 is 0 Å². The van der Waals surface area contributed by atoms with Gasteiger partial charge < -0.3 is 14.0 Å². The second-order valence-electron chi connectivity index (χ2n) is 14.5. The molecule has 0 spiro atoms. The highest BCUT2D eigenvalue weighted by Crippen LogP contribution is 2.49. The standard InChI is InChI=1S/C44H36BN5O/c1-27-11-10-12-28(2)42(27)45-48(5)38-20-18-29(23-34(38)43-46-21-22-49(43)45)51-30-17-19-33-32-14-7-9-16-39(32)50(40(33)24-30)41-25-37-35(26-47-41)31-13-6-8-15-36(31)44(37,3)4/h6-26H,1-5H3. The Bertz CT molecular complexity index is 2700. The lowest BCUT2D eigenvalue weighted by Gasteiger charge is -2.36. The minimum atomic E-state index is -0.120. The monoisotopic (exact) mass is 661 g/mol. The summed E-state index contributed by atoms with van der Waals surface area (Å²) in [6, 6.07) is 38.8. The molecule has 246 valence electrons. The first kappa shape index (κ1) is 29.8. The van der Waals surface area contributed by atoms with Crippen LogP contribution in [-0.2, 0) is 5.41 Å². The summed E-state index contributed by atoms with van der Waals surface area (Å²) in [4.78, 5) is 12.3. The van der Waals surface area contributed by atoms with Gasteiger partial charge in [0.15, 0.2) is 0 Å². The van der Waals surface area contributed by atoms with E-state index in [0.717, 1.165) is 50.8 Å². The molecule has 51 heavy (non-hydrogen) atoms. The van der Waals surface area contributed by atoms with E-state index in [-0.39, 0.29) is 12.4 Å². The van der Waals surface area contributed by atoms with Gasteiger partial charge in [-0.3, -0.25) is 4.57 Å². The Hall–Kier alpha value is -6.08. The van der Waals surface area contributed by atoms with E-state index in [1.165, 1.54) is 44.2 Å². The molecule has 0 saturated carbocycles. The molecular formula is C44H36BN5O. The maximum atomic E-state index is 6.68. The molecule has 0 saturated heterocycles. The van der Waals surface area contributed by atoms with Crippen molar-refractivity contribution in [3.63, 3.8) is 0 Å². The zero-order valence-electron chi connectivity index (χ0n) is 29.3. The topological polar surface area (TPSA) is 48.1 Å². The maximum Gasteiger partial charge on any atom is 0.417 e. The molecule has 1 aliphatic heterocycles. The van der Waals surface area contributed by atoms with Crippen LogP contribution in [0, 0.1) is 13.8 Å². The Morgan fingerprint density at radius 2 is 1.41 bits per heavy atom. The molecule has 0 N–H and O–H groups in total. The molecule has 0 radical (unpaired) electrons. The summed E-state index contributed by atoms with van der Waals surface area (Å²) in [7, 11) is 2.17. The molecule has 7 heteroatoms. The van der Waals surface area contributed by atoms with E-state index in [9.17, 15) is 0 Å². The van der Waals surface area contributed by atoms with Crippen LogP contribution < -0.4 is 15.0 Å². The molecule has 0 fully saturated rings. The molecule has 0 bridgehead atoms. The van der Waals surface area contributed by atoms with Gasteiger partial charge in [-0.05, 0) is 85.5 Å². The van der Waals surface area contributed by atoms with Crippen molar-refractivity contribution in [1.29, 1.82) is 0 Å². The van der Waals surface area contributed by atoms with Gasteiger partial charge in [0.1, 0.15) is 23.1 Å². The van der Waals surface area contributed by atoms with Crippen LogP contribution in [0.25, 0.3) is 50.1 Å². The summed E-state index contributed by atoms with van der Waals surface area (Å²) in [6.07, 6.45) is 6.03. The van der Waals surface area contributed by atoms with E-state index < -0.39 is 0 Å². The number of benzene rings is 5. The lowest BCUT2D eigenvalue weighted by Crippen LogP contribution is -2.56. The van der Waals surface area contributed by atoms with Crippen molar-refractivity contribution >= 4 is 39.9 Å². The fraction of sp³-hybridized carbons (Fsp3) is 0.136. The first-order chi connectivity index (χ1) is 24.8. The molecule has 3 aromatic heterocycles. The highest BCUT2D eigenvalue weighted by molar-refractivity contribution is 6.77. The molecule has 1 aliphatic carbocycles. The first-order valence-electron chi connectivity index (χ1n) is 17.6. The van der Waals surface area contributed by atoms with Crippen molar-refractivity contribution in [3.05, 3.63) is 150 Å². The molecule has 0 atom stereocenters. The maximum absolute atomic E-state index is 6.68. The minimum Gasteiger partial charge on any atom is -0.457 e. The molecule has 10 rings (SSSR count). The number of hydrogen-bond acceptors (Lipinski definition) is 4. The van der Waals surface area contributed by atoms with Crippen LogP contribution in [-0.4, -0.2) is 33.0 Å². The largest absolute Gasteiger partial charge is 0.457 e. The van der Waals surface area contributed by atoms with Crippen LogP contribution in [0.4, 0.5) is 5.69 Å². The third-order valence-corrected chi connectivity index (χ3v) is 11.3. The Labute approximate surface area is 297 Å². The average molecular weight is 662 g/mol. The van der Waals surface area contributed by atoms with Crippen LogP contribution in [0.1, 0.15) is 36.1 Å². The van der Waals surface area contributed by atoms with E-state index in [0.29, 0.717) is 0 Å². The number of anilines is 1. The molecule has 5 aromatic carbocycles. The van der Waals surface area contributed by atoms with Gasteiger partial charge in [0, 0.05) is 57.7 Å². The van der Waals surface area contributed by atoms with Gasteiger partial charge in [-0.25, -0.2) is 9.97 Å². The van der Waals surface area contributed by atoms with Gasteiger partial charge in [-0.15, -0.1) is 0 Å². The summed E-state index contributed by atoms with van der Waals surface area (Å²) in [5.41, 5.74) is 13.2. The number of fused-ring (bicyclic) bond motifs is 9. The lowest BCUT2D eigenvalue weighted by molar-refractivity contribution is 0.483. The fourth-order valence-corrected chi connectivity index (χ4v) is 8.77. The molecular weight excluding hydrogens is 625 g/mol. The quantitative estimate of drug-likeness (QED) is 0.176. The van der Waals surface area contributed by atoms with Gasteiger partial charge in [0.05, 0.1) is 11.0 Å². The predicted octanol–water partition coefficient (Wildman–Crippen LogP) is 9.45. The van der Waals surface area contributed by atoms with Crippen molar-refractivity contribution in [2.24, 2.45) is 0 Å².